The smallest absolute Gasteiger partial charge is 0.224 e. The van der Waals surface area contributed by atoms with Gasteiger partial charge in [0.25, 0.3) is 0 Å². The van der Waals surface area contributed by atoms with E-state index in [1.54, 1.807) is 0 Å². The minimum Gasteiger partial charge on any atom is -0.491 e. The summed E-state index contributed by atoms with van der Waals surface area (Å²) in [5.74, 6) is 0.859. The Hall–Kier alpha value is -2.53. The number of hydrogen-bond donors (Lipinski definition) is 3. The first-order valence-corrected chi connectivity index (χ1v) is 8.24. The molecule has 0 bridgehead atoms. The van der Waals surface area contributed by atoms with E-state index in [2.05, 4.69) is 16.0 Å². The first kappa shape index (κ1) is 16.3. The van der Waals surface area contributed by atoms with E-state index in [9.17, 15) is 4.79 Å². The maximum Gasteiger partial charge on any atom is 0.224 e. The number of amides is 1. The summed E-state index contributed by atoms with van der Waals surface area (Å²) in [6.45, 7) is 3.99. The molecule has 3 N–H and O–H groups in total. The number of benzene rings is 2. The molecule has 0 saturated carbocycles. The molecule has 2 aromatic rings. The van der Waals surface area contributed by atoms with Crippen molar-refractivity contribution >= 4 is 11.6 Å². The van der Waals surface area contributed by atoms with Gasteiger partial charge in [-0.1, -0.05) is 30.3 Å². The van der Waals surface area contributed by atoms with Gasteiger partial charge in [-0.2, -0.15) is 0 Å². The first-order valence-electron chi connectivity index (χ1n) is 8.24. The van der Waals surface area contributed by atoms with Crippen LogP contribution >= 0.6 is 0 Å². The van der Waals surface area contributed by atoms with Gasteiger partial charge in [-0.25, -0.2) is 0 Å². The summed E-state index contributed by atoms with van der Waals surface area (Å²) in [7, 11) is 0. The highest BCUT2D eigenvalue weighted by Gasteiger charge is 2.26. The molecular weight excluding hydrogens is 302 g/mol. The second-order valence-electron chi connectivity index (χ2n) is 6.17. The van der Waals surface area contributed by atoms with Crippen molar-refractivity contribution in [3.05, 3.63) is 60.2 Å². The highest BCUT2D eigenvalue weighted by molar-refractivity contribution is 5.78. The van der Waals surface area contributed by atoms with Crippen LogP contribution in [-0.2, 0) is 4.79 Å². The molecule has 0 aliphatic carbocycles. The Morgan fingerprint density at radius 2 is 1.79 bits per heavy atom. The molecule has 5 nitrogen and oxygen atoms in total. The molecule has 0 spiro atoms. The predicted octanol–water partition coefficient (Wildman–Crippen LogP) is 3.02. The molecule has 1 aliphatic rings. The number of hydrogen-bond acceptors (Lipinski definition) is 4. The number of carbonyl (C=O) groups excluding carboxylic acids is 1. The van der Waals surface area contributed by atoms with E-state index >= 15 is 0 Å². The molecule has 0 radical (unpaired) electrons. The van der Waals surface area contributed by atoms with Crippen LogP contribution in [0.1, 0.15) is 31.9 Å². The third-order valence-corrected chi connectivity index (χ3v) is 3.80. The fourth-order valence-corrected chi connectivity index (χ4v) is 2.75. The van der Waals surface area contributed by atoms with Crippen molar-refractivity contribution in [2.75, 3.05) is 5.32 Å². The lowest BCUT2D eigenvalue weighted by molar-refractivity contribution is -0.124. The maximum atomic E-state index is 12.0. The number of anilines is 1. The Labute approximate surface area is 142 Å². The molecule has 1 heterocycles. The Balaban J connectivity index is 1.65. The van der Waals surface area contributed by atoms with Crippen molar-refractivity contribution in [2.45, 2.75) is 38.7 Å². The van der Waals surface area contributed by atoms with Crippen LogP contribution in [0.25, 0.3) is 0 Å². The number of carbonyl (C=O) groups is 1. The summed E-state index contributed by atoms with van der Waals surface area (Å²) in [4.78, 5) is 12.0. The third-order valence-electron chi connectivity index (χ3n) is 3.80. The van der Waals surface area contributed by atoms with Crippen molar-refractivity contribution < 1.29 is 9.53 Å². The van der Waals surface area contributed by atoms with Crippen molar-refractivity contribution in [3.8, 4) is 5.75 Å². The van der Waals surface area contributed by atoms with Crippen molar-refractivity contribution in [1.82, 2.24) is 10.6 Å². The average Bonchev–Trinajstić information content (AvgIpc) is 2.56. The van der Waals surface area contributed by atoms with E-state index in [1.807, 2.05) is 68.4 Å². The van der Waals surface area contributed by atoms with E-state index < -0.39 is 0 Å². The summed E-state index contributed by atoms with van der Waals surface area (Å²) < 4.78 is 5.64. The second kappa shape index (κ2) is 7.36. The SMILES string of the molecule is CC(C)Oc1ccc(NC2NC(=O)CC(c3ccccc3)N2)cc1. The van der Waals surface area contributed by atoms with Gasteiger partial charge in [0.05, 0.1) is 6.10 Å². The molecule has 1 saturated heterocycles. The Kier molecular flexibility index (Phi) is 5.01. The van der Waals surface area contributed by atoms with Gasteiger partial charge in [0.1, 0.15) is 5.75 Å². The largest absolute Gasteiger partial charge is 0.491 e. The van der Waals surface area contributed by atoms with Gasteiger partial charge in [-0.15, -0.1) is 0 Å². The topological polar surface area (TPSA) is 62.4 Å². The molecular formula is C19H23N3O2. The summed E-state index contributed by atoms with van der Waals surface area (Å²) >= 11 is 0. The molecule has 126 valence electrons. The zero-order valence-corrected chi connectivity index (χ0v) is 14.0. The second-order valence-corrected chi connectivity index (χ2v) is 6.17. The van der Waals surface area contributed by atoms with E-state index in [0.717, 1.165) is 17.0 Å². The van der Waals surface area contributed by atoms with Gasteiger partial charge < -0.3 is 15.4 Å². The van der Waals surface area contributed by atoms with Crippen molar-refractivity contribution in [2.24, 2.45) is 0 Å². The van der Waals surface area contributed by atoms with Crippen LogP contribution in [0, 0.1) is 0 Å². The van der Waals surface area contributed by atoms with E-state index in [4.69, 9.17) is 4.74 Å². The molecule has 2 atom stereocenters. The number of nitrogens with one attached hydrogen (secondary N) is 3. The van der Waals surface area contributed by atoms with Crippen molar-refractivity contribution in [1.29, 1.82) is 0 Å². The molecule has 2 aromatic carbocycles. The summed E-state index contributed by atoms with van der Waals surface area (Å²) in [5, 5.41) is 9.63. The molecule has 5 heteroatoms. The van der Waals surface area contributed by atoms with Gasteiger partial charge in [-0.3, -0.25) is 10.1 Å². The Morgan fingerprint density at radius 1 is 1.08 bits per heavy atom. The normalized spacial score (nSPS) is 20.5. The van der Waals surface area contributed by atoms with Gasteiger partial charge in [-0.05, 0) is 43.7 Å². The zero-order chi connectivity index (χ0) is 16.9. The van der Waals surface area contributed by atoms with Crippen molar-refractivity contribution in [3.63, 3.8) is 0 Å². The number of rotatable bonds is 5. The lowest BCUT2D eigenvalue weighted by Gasteiger charge is -2.32. The fraction of sp³-hybridized carbons (Fsp3) is 0.316. The first-order chi connectivity index (χ1) is 11.6. The van der Waals surface area contributed by atoms with Gasteiger partial charge in [0.2, 0.25) is 5.91 Å². The van der Waals surface area contributed by atoms with Gasteiger partial charge in [0, 0.05) is 18.2 Å². The zero-order valence-electron chi connectivity index (χ0n) is 14.0. The molecule has 1 aliphatic heterocycles. The standard InChI is InChI=1S/C19H23N3O2/c1-13(2)24-16-10-8-15(9-11-16)20-19-21-17(12-18(23)22-19)14-6-4-3-5-7-14/h3-11,13,17,19-21H,12H2,1-2H3,(H,22,23). The van der Waals surface area contributed by atoms with E-state index in [0.29, 0.717) is 6.42 Å². The van der Waals surface area contributed by atoms with Gasteiger partial charge >= 0.3 is 0 Å². The summed E-state index contributed by atoms with van der Waals surface area (Å²) in [5.41, 5.74) is 2.03. The molecule has 1 fully saturated rings. The van der Waals surface area contributed by atoms with Crippen LogP contribution in [0.4, 0.5) is 5.69 Å². The van der Waals surface area contributed by atoms with Gasteiger partial charge in [0.15, 0.2) is 6.29 Å². The molecule has 1 amide bonds. The van der Waals surface area contributed by atoms with Crippen LogP contribution in [0.3, 0.4) is 0 Å². The Morgan fingerprint density at radius 3 is 2.46 bits per heavy atom. The summed E-state index contributed by atoms with van der Waals surface area (Å²) in [6.07, 6.45) is 0.270. The molecule has 0 aromatic heterocycles. The highest BCUT2D eigenvalue weighted by Crippen LogP contribution is 2.21. The van der Waals surface area contributed by atoms with E-state index in [-0.39, 0.29) is 24.3 Å². The van der Waals surface area contributed by atoms with Crippen LogP contribution in [0.2, 0.25) is 0 Å². The van der Waals surface area contributed by atoms with Crippen LogP contribution < -0.4 is 20.7 Å². The number of ether oxygens (including phenoxy) is 1. The third kappa shape index (κ3) is 4.26. The minimum atomic E-state index is -0.312. The lowest BCUT2D eigenvalue weighted by Crippen LogP contribution is -2.56. The monoisotopic (exact) mass is 325 g/mol. The maximum absolute atomic E-state index is 12.0. The lowest BCUT2D eigenvalue weighted by atomic mass is 10.0. The molecule has 24 heavy (non-hydrogen) atoms. The fourth-order valence-electron chi connectivity index (χ4n) is 2.75. The highest BCUT2D eigenvalue weighted by atomic mass is 16.5. The van der Waals surface area contributed by atoms with E-state index in [1.165, 1.54) is 0 Å². The summed E-state index contributed by atoms with van der Waals surface area (Å²) in [6, 6.07) is 17.7. The quantitative estimate of drug-likeness (QED) is 0.791. The Bertz CT molecular complexity index is 671. The van der Waals surface area contributed by atoms with Crippen LogP contribution in [0.15, 0.2) is 54.6 Å². The van der Waals surface area contributed by atoms with Crippen LogP contribution in [0.5, 0.6) is 5.75 Å². The molecule has 3 rings (SSSR count). The molecule has 2 unspecified atom stereocenters. The minimum absolute atomic E-state index is 0.000924. The van der Waals surface area contributed by atoms with Crippen LogP contribution in [-0.4, -0.2) is 18.3 Å². The predicted molar refractivity (Wildman–Crippen MR) is 94.7 cm³/mol. The average molecular weight is 325 g/mol.